The van der Waals surface area contributed by atoms with E-state index in [0.717, 1.165) is 22.3 Å². The molecule has 0 radical (unpaired) electrons. The molecule has 0 aliphatic rings. The molecule has 0 aliphatic carbocycles. The van der Waals surface area contributed by atoms with E-state index in [4.69, 9.17) is 27.2 Å². The molecule has 144 valence electrons. The number of carboxylic acids is 1. The van der Waals surface area contributed by atoms with E-state index in [1.54, 1.807) is 18.2 Å². The zero-order valence-electron chi connectivity index (χ0n) is 15.6. The van der Waals surface area contributed by atoms with Crippen molar-refractivity contribution in [3.05, 3.63) is 88.4 Å². The van der Waals surface area contributed by atoms with E-state index in [1.807, 2.05) is 55.5 Å². The molecular weight excluding hydrogens is 374 g/mol. The summed E-state index contributed by atoms with van der Waals surface area (Å²) in [5.74, 6) is -0.311. The highest BCUT2D eigenvalue weighted by atomic mass is 35.5. The fourth-order valence-corrected chi connectivity index (χ4v) is 3.47. The zero-order valence-corrected chi connectivity index (χ0v) is 16.3. The van der Waals surface area contributed by atoms with E-state index in [9.17, 15) is 4.79 Å². The van der Waals surface area contributed by atoms with Gasteiger partial charge in [-0.2, -0.15) is 0 Å². The standard InChI is InChI=1S/C23H22ClNO3/c1-15(25)19-9-5-10-20(23(19)24)17-8-4-6-16(12-17)14-28-21-11-3-2-7-18(21)13-22(26)27/h2-12,15H,13-14,25H2,1H3,(H,26,27)/t15-/m1/s1. The van der Waals surface area contributed by atoms with Gasteiger partial charge < -0.3 is 15.6 Å². The lowest BCUT2D eigenvalue weighted by Gasteiger charge is -2.14. The van der Waals surface area contributed by atoms with Crippen LogP contribution in [0.1, 0.15) is 29.7 Å². The molecular formula is C23H22ClNO3. The summed E-state index contributed by atoms with van der Waals surface area (Å²) in [5.41, 5.74) is 10.4. The Bertz CT molecular complexity index is 985. The van der Waals surface area contributed by atoms with Crippen LogP contribution in [0.5, 0.6) is 5.75 Å². The summed E-state index contributed by atoms with van der Waals surface area (Å²) >= 11 is 6.57. The largest absolute Gasteiger partial charge is 0.489 e. The number of rotatable bonds is 7. The number of carboxylic acid groups (broad SMARTS) is 1. The van der Waals surface area contributed by atoms with Gasteiger partial charge in [-0.05, 0) is 35.7 Å². The van der Waals surface area contributed by atoms with Gasteiger partial charge in [0.15, 0.2) is 0 Å². The lowest BCUT2D eigenvalue weighted by atomic mass is 9.99. The quantitative estimate of drug-likeness (QED) is 0.574. The van der Waals surface area contributed by atoms with Crippen LogP contribution in [0, 0.1) is 0 Å². The van der Waals surface area contributed by atoms with Crippen LogP contribution in [0.3, 0.4) is 0 Å². The second-order valence-corrected chi connectivity index (χ2v) is 7.04. The first-order chi connectivity index (χ1) is 13.5. The SMILES string of the molecule is C[C@@H](N)c1cccc(-c2cccc(COc3ccccc3CC(=O)O)c2)c1Cl. The van der Waals surface area contributed by atoms with Crippen molar-refractivity contribution in [2.75, 3.05) is 0 Å². The van der Waals surface area contributed by atoms with Crippen molar-refractivity contribution in [3.63, 3.8) is 0 Å². The summed E-state index contributed by atoms with van der Waals surface area (Å²) in [7, 11) is 0. The average Bonchev–Trinajstić information content (AvgIpc) is 2.67. The number of hydrogen-bond acceptors (Lipinski definition) is 3. The Hall–Kier alpha value is -2.82. The third kappa shape index (κ3) is 4.71. The highest BCUT2D eigenvalue weighted by Gasteiger charge is 2.12. The van der Waals surface area contributed by atoms with Gasteiger partial charge in [-0.15, -0.1) is 0 Å². The fraction of sp³-hybridized carbons (Fsp3) is 0.174. The van der Waals surface area contributed by atoms with E-state index in [-0.39, 0.29) is 12.5 Å². The number of aliphatic carboxylic acids is 1. The first-order valence-electron chi connectivity index (χ1n) is 9.01. The Morgan fingerprint density at radius 3 is 2.61 bits per heavy atom. The smallest absolute Gasteiger partial charge is 0.307 e. The number of nitrogens with two attached hydrogens (primary N) is 1. The summed E-state index contributed by atoms with van der Waals surface area (Å²) in [6.45, 7) is 2.24. The minimum atomic E-state index is -0.887. The molecule has 0 unspecified atom stereocenters. The number of hydrogen-bond donors (Lipinski definition) is 2. The van der Waals surface area contributed by atoms with Crippen molar-refractivity contribution in [2.45, 2.75) is 26.0 Å². The maximum atomic E-state index is 11.0. The molecule has 0 fully saturated rings. The Morgan fingerprint density at radius 1 is 1.11 bits per heavy atom. The van der Waals surface area contributed by atoms with Crippen molar-refractivity contribution in [1.29, 1.82) is 0 Å². The van der Waals surface area contributed by atoms with Gasteiger partial charge in [-0.1, -0.05) is 66.2 Å². The van der Waals surface area contributed by atoms with Gasteiger partial charge in [0.1, 0.15) is 12.4 Å². The fourth-order valence-electron chi connectivity index (χ4n) is 3.07. The highest BCUT2D eigenvalue weighted by molar-refractivity contribution is 6.34. The molecule has 1 atom stereocenters. The number of para-hydroxylation sites is 1. The number of benzene rings is 3. The van der Waals surface area contributed by atoms with Crippen LogP contribution in [0.2, 0.25) is 5.02 Å². The Balaban J connectivity index is 1.82. The van der Waals surface area contributed by atoms with Gasteiger partial charge in [0.25, 0.3) is 0 Å². The van der Waals surface area contributed by atoms with Gasteiger partial charge in [-0.3, -0.25) is 4.79 Å². The van der Waals surface area contributed by atoms with Crippen molar-refractivity contribution in [2.24, 2.45) is 5.73 Å². The molecule has 3 aromatic carbocycles. The van der Waals surface area contributed by atoms with Crippen LogP contribution in [0.15, 0.2) is 66.7 Å². The first-order valence-corrected chi connectivity index (χ1v) is 9.39. The normalized spacial score (nSPS) is 11.8. The van der Waals surface area contributed by atoms with Crippen LogP contribution < -0.4 is 10.5 Å². The Kier molecular flexibility index (Phi) is 6.34. The molecule has 28 heavy (non-hydrogen) atoms. The minimum absolute atomic E-state index is 0.0735. The second kappa shape index (κ2) is 8.91. The average molecular weight is 396 g/mol. The van der Waals surface area contributed by atoms with Crippen molar-refractivity contribution in [3.8, 4) is 16.9 Å². The van der Waals surface area contributed by atoms with E-state index in [1.165, 1.54) is 0 Å². The number of ether oxygens (including phenoxy) is 1. The molecule has 3 rings (SSSR count). The summed E-state index contributed by atoms with van der Waals surface area (Å²) in [5, 5.41) is 9.70. The Morgan fingerprint density at radius 2 is 1.86 bits per heavy atom. The number of carbonyl (C=O) groups is 1. The van der Waals surface area contributed by atoms with Crippen molar-refractivity contribution >= 4 is 17.6 Å². The summed E-state index contributed by atoms with van der Waals surface area (Å²) in [4.78, 5) is 11.0. The third-order valence-corrected chi connectivity index (χ3v) is 4.89. The van der Waals surface area contributed by atoms with Crippen LogP contribution in [-0.4, -0.2) is 11.1 Å². The molecule has 0 saturated carbocycles. The maximum absolute atomic E-state index is 11.0. The molecule has 0 aliphatic heterocycles. The van der Waals surface area contributed by atoms with E-state index in [0.29, 0.717) is 22.9 Å². The molecule has 0 saturated heterocycles. The van der Waals surface area contributed by atoms with Crippen molar-refractivity contribution in [1.82, 2.24) is 0 Å². The maximum Gasteiger partial charge on any atom is 0.307 e. The van der Waals surface area contributed by atoms with Crippen molar-refractivity contribution < 1.29 is 14.6 Å². The monoisotopic (exact) mass is 395 g/mol. The topological polar surface area (TPSA) is 72.5 Å². The van der Waals surface area contributed by atoms with Gasteiger partial charge in [0.05, 0.1) is 11.4 Å². The minimum Gasteiger partial charge on any atom is -0.489 e. The predicted octanol–water partition coefficient (Wildman–Crippen LogP) is 5.23. The van der Waals surface area contributed by atoms with Crippen LogP contribution in [0.4, 0.5) is 0 Å². The summed E-state index contributed by atoms with van der Waals surface area (Å²) < 4.78 is 5.89. The van der Waals surface area contributed by atoms with Crippen LogP contribution >= 0.6 is 11.6 Å². The Labute approximate surface area is 169 Å². The first kappa shape index (κ1) is 19.9. The summed E-state index contributed by atoms with van der Waals surface area (Å²) in [6.07, 6.45) is -0.0735. The third-order valence-electron chi connectivity index (χ3n) is 4.47. The second-order valence-electron chi connectivity index (χ2n) is 6.66. The lowest BCUT2D eigenvalue weighted by Crippen LogP contribution is -2.06. The molecule has 0 heterocycles. The van der Waals surface area contributed by atoms with Gasteiger partial charge in [-0.25, -0.2) is 0 Å². The van der Waals surface area contributed by atoms with E-state index in [2.05, 4.69) is 0 Å². The molecule has 0 bridgehead atoms. The molecule has 4 nitrogen and oxygen atoms in total. The predicted molar refractivity (Wildman–Crippen MR) is 112 cm³/mol. The van der Waals surface area contributed by atoms with Gasteiger partial charge >= 0.3 is 5.97 Å². The highest BCUT2D eigenvalue weighted by Crippen LogP contribution is 2.33. The van der Waals surface area contributed by atoms with E-state index < -0.39 is 5.97 Å². The van der Waals surface area contributed by atoms with Crippen LogP contribution in [0.25, 0.3) is 11.1 Å². The van der Waals surface area contributed by atoms with Gasteiger partial charge in [0.2, 0.25) is 0 Å². The van der Waals surface area contributed by atoms with E-state index >= 15 is 0 Å². The molecule has 3 aromatic rings. The number of halogens is 1. The zero-order chi connectivity index (χ0) is 20.1. The molecule has 0 spiro atoms. The van der Waals surface area contributed by atoms with Crippen LogP contribution in [-0.2, 0) is 17.8 Å². The molecule has 5 heteroatoms. The molecule has 0 aromatic heterocycles. The van der Waals surface area contributed by atoms with Gasteiger partial charge in [0, 0.05) is 17.2 Å². The summed E-state index contributed by atoms with van der Waals surface area (Å²) in [6, 6.07) is 20.8. The molecule has 3 N–H and O–H groups in total. The lowest BCUT2D eigenvalue weighted by molar-refractivity contribution is -0.136. The molecule has 0 amide bonds.